The van der Waals surface area contributed by atoms with E-state index < -0.39 is 0 Å². The molecule has 6 nitrogen and oxygen atoms in total. The van der Waals surface area contributed by atoms with Crippen LogP contribution in [0.15, 0.2) is 18.3 Å². The number of rotatable bonds is 5. The summed E-state index contributed by atoms with van der Waals surface area (Å²) < 4.78 is 10.5. The molecule has 1 aliphatic heterocycles. The van der Waals surface area contributed by atoms with E-state index in [9.17, 15) is 4.79 Å². The van der Waals surface area contributed by atoms with E-state index in [0.29, 0.717) is 38.8 Å². The van der Waals surface area contributed by atoms with Crippen LogP contribution >= 0.6 is 0 Å². The molecule has 6 heteroatoms. The summed E-state index contributed by atoms with van der Waals surface area (Å²) in [6.45, 7) is 6.90. The Morgan fingerprint density at radius 1 is 1.50 bits per heavy atom. The predicted molar refractivity (Wildman–Crippen MR) is 75.9 cm³/mol. The number of nitrogens with zero attached hydrogens (tertiary/aromatic N) is 2. The van der Waals surface area contributed by atoms with E-state index in [4.69, 9.17) is 9.47 Å². The second kappa shape index (κ2) is 7.09. The van der Waals surface area contributed by atoms with E-state index in [1.54, 1.807) is 12.3 Å². The maximum Gasteiger partial charge on any atom is 0.244 e. The van der Waals surface area contributed by atoms with Gasteiger partial charge in [0.1, 0.15) is 6.04 Å². The standard InChI is InChI=1S/C14H21N3O3/c1-3-20-13-5-4-12(10-15-13)16-11(2)14(18)17-6-8-19-9-7-17/h4-5,10-11,16H,3,6-9H2,1-2H3. The highest BCUT2D eigenvalue weighted by molar-refractivity contribution is 5.84. The third kappa shape index (κ3) is 3.84. The number of carbonyl (C=O) groups excluding carboxylic acids is 1. The van der Waals surface area contributed by atoms with E-state index >= 15 is 0 Å². The Kier molecular flexibility index (Phi) is 5.17. The third-order valence-electron chi connectivity index (χ3n) is 3.10. The average molecular weight is 279 g/mol. The van der Waals surface area contributed by atoms with Crippen LogP contribution in [0.1, 0.15) is 13.8 Å². The van der Waals surface area contributed by atoms with Gasteiger partial charge in [0.15, 0.2) is 0 Å². The smallest absolute Gasteiger partial charge is 0.244 e. The van der Waals surface area contributed by atoms with Crippen LogP contribution in [0.25, 0.3) is 0 Å². The van der Waals surface area contributed by atoms with Gasteiger partial charge in [0.2, 0.25) is 11.8 Å². The first kappa shape index (κ1) is 14.6. The molecule has 0 spiro atoms. The molecule has 0 aliphatic carbocycles. The summed E-state index contributed by atoms with van der Waals surface area (Å²) in [4.78, 5) is 18.2. The van der Waals surface area contributed by atoms with Crippen molar-refractivity contribution in [3.63, 3.8) is 0 Å². The van der Waals surface area contributed by atoms with Gasteiger partial charge in [0.05, 0.1) is 31.7 Å². The molecule has 1 amide bonds. The van der Waals surface area contributed by atoms with E-state index in [1.807, 2.05) is 24.8 Å². The Morgan fingerprint density at radius 2 is 2.25 bits per heavy atom. The van der Waals surface area contributed by atoms with Crippen molar-refractivity contribution in [2.75, 3.05) is 38.2 Å². The number of amides is 1. The van der Waals surface area contributed by atoms with Gasteiger partial charge in [-0.3, -0.25) is 4.79 Å². The molecule has 1 atom stereocenters. The molecular formula is C14H21N3O3. The van der Waals surface area contributed by atoms with Crippen molar-refractivity contribution in [3.8, 4) is 5.88 Å². The lowest BCUT2D eigenvalue weighted by atomic mass is 10.2. The lowest BCUT2D eigenvalue weighted by Gasteiger charge is -2.29. The Morgan fingerprint density at radius 3 is 2.85 bits per heavy atom. The summed E-state index contributed by atoms with van der Waals surface area (Å²) in [5, 5.41) is 3.16. The van der Waals surface area contributed by atoms with Crippen molar-refractivity contribution in [2.45, 2.75) is 19.9 Å². The molecule has 20 heavy (non-hydrogen) atoms. The van der Waals surface area contributed by atoms with Gasteiger partial charge in [0.25, 0.3) is 0 Å². The molecule has 0 saturated carbocycles. The maximum atomic E-state index is 12.2. The quantitative estimate of drug-likeness (QED) is 0.875. The van der Waals surface area contributed by atoms with Crippen LogP contribution in [0.5, 0.6) is 5.88 Å². The van der Waals surface area contributed by atoms with E-state index in [-0.39, 0.29) is 11.9 Å². The topological polar surface area (TPSA) is 63.7 Å². The minimum Gasteiger partial charge on any atom is -0.478 e. The van der Waals surface area contributed by atoms with Gasteiger partial charge in [-0.15, -0.1) is 0 Å². The number of anilines is 1. The highest BCUT2D eigenvalue weighted by atomic mass is 16.5. The van der Waals surface area contributed by atoms with Gasteiger partial charge in [-0.25, -0.2) is 4.98 Å². The third-order valence-corrected chi connectivity index (χ3v) is 3.10. The van der Waals surface area contributed by atoms with Gasteiger partial charge < -0.3 is 19.7 Å². The lowest BCUT2D eigenvalue weighted by molar-refractivity contribution is -0.135. The first-order valence-electron chi connectivity index (χ1n) is 6.92. The fraction of sp³-hybridized carbons (Fsp3) is 0.571. The second-order valence-corrected chi connectivity index (χ2v) is 4.62. The first-order valence-corrected chi connectivity index (χ1v) is 6.92. The number of carbonyl (C=O) groups is 1. The Hall–Kier alpha value is -1.82. The van der Waals surface area contributed by atoms with Crippen molar-refractivity contribution in [3.05, 3.63) is 18.3 Å². The highest BCUT2D eigenvalue weighted by Gasteiger charge is 2.22. The largest absolute Gasteiger partial charge is 0.478 e. The average Bonchev–Trinajstić information content (AvgIpc) is 2.49. The summed E-state index contributed by atoms with van der Waals surface area (Å²) in [6.07, 6.45) is 1.67. The summed E-state index contributed by atoms with van der Waals surface area (Å²) in [6, 6.07) is 3.37. The van der Waals surface area contributed by atoms with Gasteiger partial charge in [0, 0.05) is 19.2 Å². The number of nitrogens with one attached hydrogen (secondary N) is 1. The highest BCUT2D eigenvalue weighted by Crippen LogP contribution is 2.13. The minimum absolute atomic E-state index is 0.0854. The van der Waals surface area contributed by atoms with Gasteiger partial charge >= 0.3 is 0 Å². The zero-order chi connectivity index (χ0) is 14.4. The van der Waals surface area contributed by atoms with Crippen LogP contribution in [0, 0.1) is 0 Å². The van der Waals surface area contributed by atoms with Crippen LogP contribution in [-0.4, -0.2) is 54.7 Å². The Balaban J connectivity index is 1.89. The zero-order valence-corrected chi connectivity index (χ0v) is 12.0. The number of morpholine rings is 1. The molecule has 0 aromatic carbocycles. The van der Waals surface area contributed by atoms with Crippen molar-refractivity contribution in [2.24, 2.45) is 0 Å². The van der Waals surface area contributed by atoms with Gasteiger partial charge in [-0.2, -0.15) is 0 Å². The van der Waals surface area contributed by atoms with Crippen molar-refractivity contribution in [1.29, 1.82) is 0 Å². The van der Waals surface area contributed by atoms with Crippen LogP contribution in [-0.2, 0) is 9.53 Å². The molecule has 1 aromatic rings. The van der Waals surface area contributed by atoms with E-state index in [0.717, 1.165) is 5.69 Å². The molecule has 1 aromatic heterocycles. The van der Waals surface area contributed by atoms with E-state index in [1.165, 1.54) is 0 Å². The molecule has 2 heterocycles. The summed E-state index contributed by atoms with van der Waals surface area (Å²) in [7, 11) is 0. The number of aromatic nitrogens is 1. The molecule has 1 unspecified atom stereocenters. The molecule has 1 saturated heterocycles. The predicted octanol–water partition coefficient (Wildman–Crippen LogP) is 1.14. The maximum absolute atomic E-state index is 12.2. The number of hydrogen-bond acceptors (Lipinski definition) is 5. The van der Waals surface area contributed by atoms with Crippen LogP contribution in [0.2, 0.25) is 0 Å². The fourth-order valence-corrected chi connectivity index (χ4v) is 2.07. The summed E-state index contributed by atoms with van der Waals surface area (Å²) in [5.41, 5.74) is 0.808. The SMILES string of the molecule is CCOc1ccc(NC(C)C(=O)N2CCOCC2)cn1. The minimum atomic E-state index is -0.284. The van der Waals surface area contributed by atoms with Crippen LogP contribution in [0.4, 0.5) is 5.69 Å². The molecule has 2 rings (SSSR count). The lowest BCUT2D eigenvalue weighted by Crippen LogP contribution is -2.47. The number of hydrogen-bond donors (Lipinski definition) is 1. The van der Waals surface area contributed by atoms with Crippen LogP contribution < -0.4 is 10.1 Å². The molecule has 1 fully saturated rings. The zero-order valence-electron chi connectivity index (χ0n) is 12.0. The molecule has 110 valence electrons. The molecular weight excluding hydrogens is 258 g/mol. The molecule has 0 radical (unpaired) electrons. The van der Waals surface area contributed by atoms with Crippen LogP contribution in [0.3, 0.4) is 0 Å². The Bertz CT molecular complexity index is 430. The fourth-order valence-electron chi connectivity index (χ4n) is 2.07. The van der Waals surface area contributed by atoms with E-state index in [2.05, 4.69) is 10.3 Å². The summed E-state index contributed by atoms with van der Waals surface area (Å²) >= 11 is 0. The Labute approximate surface area is 119 Å². The molecule has 0 bridgehead atoms. The van der Waals surface area contributed by atoms with Crippen molar-refractivity contribution >= 4 is 11.6 Å². The normalized spacial score (nSPS) is 16.6. The first-order chi connectivity index (χ1) is 9.70. The monoisotopic (exact) mass is 279 g/mol. The molecule has 1 N–H and O–H groups in total. The second-order valence-electron chi connectivity index (χ2n) is 4.62. The van der Waals surface area contributed by atoms with Crippen molar-refractivity contribution < 1.29 is 14.3 Å². The van der Waals surface area contributed by atoms with Gasteiger partial charge in [-0.1, -0.05) is 0 Å². The summed E-state index contributed by atoms with van der Waals surface area (Å²) in [5.74, 6) is 0.674. The molecule has 1 aliphatic rings. The number of ether oxygens (including phenoxy) is 2. The van der Waals surface area contributed by atoms with Crippen molar-refractivity contribution in [1.82, 2.24) is 9.88 Å². The van der Waals surface area contributed by atoms with Gasteiger partial charge in [-0.05, 0) is 19.9 Å². The number of pyridine rings is 1.